The molecule has 4 heteroatoms. The Morgan fingerprint density at radius 1 is 1.39 bits per heavy atom. The summed E-state index contributed by atoms with van der Waals surface area (Å²) in [6, 6.07) is 7.92. The number of hydrogen-bond acceptors (Lipinski definition) is 3. The van der Waals surface area contributed by atoms with E-state index in [4.69, 9.17) is 16.3 Å². The third-order valence-electron chi connectivity index (χ3n) is 3.18. The lowest BCUT2D eigenvalue weighted by atomic mass is 10.1. The Labute approximate surface area is 114 Å². The van der Waals surface area contributed by atoms with E-state index in [0.717, 1.165) is 10.6 Å². The number of ether oxygens (including phenoxy) is 1. The van der Waals surface area contributed by atoms with Crippen LogP contribution in [0.5, 0.6) is 0 Å². The van der Waals surface area contributed by atoms with Gasteiger partial charge in [0.05, 0.1) is 13.0 Å². The molecule has 2 atom stereocenters. The summed E-state index contributed by atoms with van der Waals surface area (Å²) in [7, 11) is 3.39. The van der Waals surface area contributed by atoms with Gasteiger partial charge in [0.25, 0.3) is 0 Å². The van der Waals surface area contributed by atoms with Gasteiger partial charge in [-0.05, 0) is 25.6 Å². The van der Waals surface area contributed by atoms with Gasteiger partial charge in [0, 0.05) is 17.6 Å². The molecule has 0 radical (unpaired) electrons. The first-order valence-electron chi connectivity index (χ1n) is 5.99. The van der Waals surface area contributed by atoms with Crippen molar-refractivity contribution in [3.8, 4) is 0 Å². The van der Waals surface area contributed by atoms with Crippen molar-refractivity contribution >= 4 is 17.6 Å². The van der Waals surface area contributed by atoms with Crippen LogP contribution in [0.2, 0.25) is 5.02 Å². The van der Waals surface area contributed by atoms with Gasteiger partial charge in [0.2, 0.25) is 0 Å². The molecule has 100 valence electrons. The second kappa shape index (κ2) is 6.76. The van der Waals surface area contributed by atoms with E-state index in [1.54, 1.807) is 0 Å². The minimum Gasteiger partial charge on any atom is -0.469 e. The summed E-state index contributed by atoms with van der Waals surface area (Å²) >= 11 is 6.17. The van der Waals surface area contributed by atoms with Crippen molar-refractivity contribution in [2.75, 3.05) is 20.7 Å². The van der Waals surface area contributed by atoms with Crippen LogP contribution in [0.25, 0.3) is 0 Å². The van der Waals surface area contributed by atoms with Gasteiger partial charge >= 0.3 is 5.97 Å². The smallest absolute Gasteiger partial charge is 0.309 e. The van der Waals surface area contributed by atoms with Crippen LogP contribution in [-0.4, -0.2) is 31.6 Å². The summed E-state index contributed by atoms with van der Waals surface area (Å²) in [4.78, 5) is 13.5. The highest BCUT2D eigenvalue weighted by Crippen LogP contribution is 2.26. The molecule has 0 fully saturated rings. The van der Waals surface area contributed by atoms with Gasteiger partial charge in [-0.1, -0.05) is 36.7 Å². The predicted molar refractivity (Wildman–Crippen MR) is 73.7 cm³/mol. The molecule has 1 aromatic rings. The number of halogens is 1. The summed E-state index contributed by atoms with van der Waals surface area (Å²) in [5.41, 5.74) is 1.07. The maximum atomic E-state index is 11.4. The van der Waals surface area contributed by atoms with Crippen LogP contribution in [0.1, 0.15) is 25.5 Å². The molecule has 0 aromatic heterocycles. The van der Waals surface area contributed by atoms with Crippen molar-refractivity contribution < 1.29 is 9.53 Å². The summed E-state index contributed by atoms with van der Waals surface area (Å²) in [5, 5.41) is 0.752. The Bertz CT molecular complexity index is 409. The Morgan fingerprint density at radius 3 is 2.56 bits per heavy atom. The summed E-state index contributed by atoms with van der Waals surface area (Å²) in [6.45, 7) is 4.58. The largest absolute Gasteiger partial charge is 0.469 e. The maximum Gasteiger partial charge on any atom is 0.309 e. The molecule has 0 saturated carbocycles. The quantitative estimate of drug-likeness (QED) is 0.769. The Hall–Kier alpha value is -1.06. The predicted octanol–water partition coefficient (Wildman–Crippen LogP) is 3.14. The van der Waals surface area contributed by atoms with Gasteiger partial charge in [-0.25, -0.2) is 0 Å². The fraction of sp³-hybridized carbons (Fsp3) is 0.500. The molecule has 1 rings (SSSR count). The van der Waals surface area contributed by atoms with Crippen LogP contribution >= 0.6 is 11.6 Å². The number of hydrogen-bond donors (Lipinski definition) is 0. The third-order valence-corrected chi connectivity index (χ3v) is 3.53. The molecule has 2 unspecified atom stereocenters. The molecule has 1 aromatic carbocycles. The van der Waals surface area contributed by atoms with Crippen molar-refractivity contribution in [3.63, 3.8) is 0 Å². The van der Waals surface area contributed by atoms with E-state index >= 15 is 0 Å². The van der Waals surface area contributed by atoms with Crippen molar-refractivity contribution in [1.82, 2.24) is 4.90 Å². The van der Waals surface area contributed by atoms with E-state index in [2.05, 4.69) is 11.8 Å². The van der Waals surface area contributed by atoms with Crippen LogP contribution < -0.4 is 0 Å². The fourth-order valence-electron chi connectivity index (χ4n) is 1.92. The zero-order chi connectivity index (χ0) is 13.7. The first-order chi connectivity index (χ1) is 8.47. The highest BCUT2D eigenvalue weighted by Gasteiger charge is 2.20. The van der Waals surface area contributed by atoms with E-state index in [1.807, 2.05) is 38.2 Å². The molecule has 0 aliphatic carbocycles. The number of nitrogens with zero attached hydrogens (tertiary/aromatic N) is 1. The normalized spacial score (nSPS) is 14.3. The molecular formula is C14H20ClNO2. The Morgan fingerprint density at radius 2 is 2.00 bits per heavy atom. The lowest BCUT2D eigenvalue weighted by Gasteiger charge is -2.27. The average Bonchev–Trinajstić information content (AvgIpc) is 2.37. The maximum absolute atomic E-state index is 11.4. The Kier molecular flexibility index (Phi) is 5.63. The number of carbonyl (C=O) groups excluding carboxylic acids is 1. The second-order valence-electron chi connectivity index (χ2n) is 4.56. The lowest BCUT2D eigenvalue weighted by Crippen LogP contribution is -2.31. The molecule has 3 nitrogen and oxygen atoms in total. The van der Waals surface area contributed by atoms with Gasteiger partial charge in [-0.15, -0.1) is 0 Å². The minimum absolute atomic E-state index is 0.148. The highest BCUT2D eigenvalue weighted by molar-refractivity contribution is 6.31. The number of methoxy groups -OCH3 is 1. The van der Waals surface area contributed by atoms with Crippen molar-refractivity contribution in [1.29, 1.82) is 0 Å². The first kappa shape index (κ1) is 15.0. The van der Waals surface area contributed by atoms with Crippen LogP contribution in [0.4, 0.5) is 0 Å². The van der Waals surface area contributed by atoms with E-state index in [1.165, 1.54) is 7.11 Å². The zero-order valence-electron chi connectivity index (χ0n) is 11.3. The van der Waals surface area contributed by atoms with Crippen molar-refractivity contribution in [2.24, 2.45) is 5.92 Å². The number of esters is 1. The molecule has 18 heavy (non-hydrogen) atoms. The van der Waals surface area contributed by atoms with Gasteiger partial charge in [0.1, 0.15) is 0 Å². The highest BCUT2D eigenvalue weighted by atomic mass is 35.5. The molecule has 0 N–H and O–H groups in total. The molecule has 0 amide bonds. The van der Waals surface area contributed by atoms with Crippen LogP contribution in [0.3, 0.4) is 0 Å². The number of benzene rings is 1. The van der Waals surface area contributed by atoms with Crippen LogP contribution in [-0.2, 0) is 9.53 Å². The van der Waals surface area contributed by atoms with E-state index < -0.39 is 0 Å². The fourth-order valence-corrected chi connectivity index (χ4v) is 2.21. The molecule has 0 saturated heterocycles. The van der Waals surface area contributed by atoms with E-state index in [0.29, 0.717) is 6.54 Å². The van der Waals surface area contributed by atoms with Gasteiger partial charge in [-0.3, -0.25) is 9.69 Å². The molecular weight excluding hydrogens is 250 g/mol. The Balaban J connectivity index is 2.70. The number of carbonyl (C=O) groups is 1. The number of rotatable bonds is 5. The topological polar surface area (TPSA) is 29.5 Å². The minimum atomic E-state index is -0.187. The average molecular weight is 270 g/mol. The molecule has 0 heterocycles. The summed E-state index contributed by atoms with van der Waals surface area (Å²) in [6.07, 6.45) is 0. The SMILES string of the molecule is COC(=O)C(C)CN(C)C(C)c1ccccc1Cl. The molecule has 0 aliphatic rings. The summed E-state index contributed by atoms with van der Waals surface area (Å²) < 4.78 is 4.73. The molecule has 0 spiro atoms. The van der Waals surface area contributed by atoms with Gasteiger partial charge in [-0.2, -0.15) is 0 Å². The van der Waals surface area contributed by atoms with E-state index in [9.17, 15) is 4.79 Å². The van der Waals surface area contributed by atoms with Crippen LogP contribution in [0, 0.1) is 5.92 Å². The van der Waals surface area contributed by atoms with Crippen molar-refractivity contribution in [3.05, 3.63) is 34.9 Å². The molecule has 0 bridgehead atoms. The second-order valence-corrected chi connectivity index (χ2v) is 4.97. The first-order valence-corrected chi connectivity index (χ1v) is 6.37. The van der Waals surface area contributed by atoms with E-state index in [-0.39, 0.29) is 17.9 Å². The molecule has 0 aliphatic heterocycles. The van der Waals surface area contributed by atoms with Crippen LogP contribution in [0.15, 0.2) is 24.3 Å². The van der Waals surface area contributed by atoms with Gasteiger partial charge < -0.3 is 4.74 Å². The lowest BCUT2D eigenvalue weighted by molar-refractivity contribution is -0.145. The van der Waals surface area contributed by atoms with Crippen molar-refractivity contribution in [2.45, 2.75) is 19.9 Å². The summed E-state index contributed by atoms with van der Waals surface area (Å²) in [5.74, 6) is -0.335. The third kappa shape index (κ3) is 3.72. The monoisotopic (exact) mass is 269 g/mol. The zero-order valence-corrected chi connectivity index (χ0v) is 12.1. The standard InChI is InChI=1S/C14H20ClNO2/c1-10(14(17)18-4)9-16(3)11(2)12-7-5-6-8-13(12)15/h5-8,10-11H,9H2,1-4H3. The van der Waals surface area contributed by atoms with Gasteiger partial charge in [0.15, 0.2) is 0 Å².